The second kappa shape index (κ2) is 10.6. The van der Waals surface area contributed by atoms with Crippen LogP contribution in [0.15, 0.2) is 12.1 Å². The number of hydrazine groups is 1. The van der Waals surface area contributed by atoms with Crippen LogP contribution < -0.4 is 17.0 Å². The van der Waals surface area contributed by atoms with E-state index in [1.807, 2.05) is 13.0 Å². The number of halogens is 6. The minimum atomic E-state index is -5.08. The molecule has 0 spiro atoms. The third kappa shape index (κ3) is 11.2. The summed E-state index contributed by atoms with van der Waals surface area (Å²) in [5.41, 5.74) is 7.68. The maximum Gasteiger partial charge on any atom is 0.490 e. The van der Waals surface area contributed by atoms with Gasteiger partial charge in [-0.1, -0.05) is 0 Å². The molecule has 0 saturated heterocycles. The number of hydrogen-bond donors (Lipinski definition) is 5. The molecular formula is C11H13F6N3O5S. The van der Waals surface area contributed by atoms with Gasteiger partial charge in [0.05, 0.1) is 4.88 Å². The second-order valence-corrected chi connectivity index (χ2v) is 5.19. The van der Waals surface area contributed by atoms with Gasteiger partial charge in [-0.25, -0.2) is 15.4 Å². The number of carbonyl (C=O) groups is 3. The van der Waals surface area contributed by atoms with Gasteiger partial charge >= 0.3 is 24.3 Å². The Hall–Kier alpha value is -2.39. The standard InChI is InChI=1S/C7H11N3OS.2C2HF3O2/c1-4(8)5-2-3-6(12-5)7(11)10-9;2*3-2(4,5)1(6)7/h2-4H,8-9H2,1H3,(H,10,11);2*(H,6,7). The number of thiophene rings is 1. The SMILES string of the molecule is CC(N)c1ccc(C(=O)NN)s1.O=C(O)C(F)(F)F.O=C(O)C(F)(F)F. The van der Waals surface area contributed by atoms with Gasteiger partial charge < -0.3 is 15.9 Å². The van der Waals surface area contributed by atoms with Crippen molar-refractivity contribution in [2.24, 2.45) is 11.6 Å². The Balaban J connectivity index is 0. The molecule has 1 unspecified atom stereocenters. The molecule has 1 aromatic heterocycles. The molecule has 0 bridgehead atoms. The van der Waals surface area contributed by atoms with Crippen molar-refractivity contribution in [1.29, 1.82) is 0 Å². The molecule has 150 valence electrons. The van der Waals surface area contributed by atoms with Crippen LogP contribution in [-0.2, 0) is 9.59 Å². The normalized spacial score (nSPS) is 11.9. The number of carboxylic acid groups (broad SMARTS) is 2. The zero-order valence-electron chi connectivity index (χ0n) is 12.7. The highest BCUT2D eigenvalue weighted by atomic mass is 32.1. The molecule has 8 nitrogen and oxygen atoms in total. The number of nitrogens with one attached hydrogen (secondary N) is 1. The molecule has 1 heterocycles. The summed E-state index contributed by atoms with van der Waals surface area (Å²) in [4.78, 5) is 30.3. The van der Waals surface area contributed by atoms with E-state index in [9.17, 15) is 31.1 Å². The Morgan fingerprint density at radius 3 is 1.58 bits per heavy atom. The predicted molar refractivity (Wildman–Crippen MR) is 76.0 cm³/mol. The van der Waals surface area contributed by atoms with Gasteiger partial charge in [-0.05, 0) is 19.1 Å². The van der Waals surface area contributed by atoms with Crippen LogP contribution in [0.1, 0.15) is 27.5 Å². The zero-order chi connectivity index (χ0) is 21.3. The van der Waals surface area contributed by atoms with E-state index in [2.05, 4.69) is 5.43 Å². The van der Waals surface area contributed by atoms with E-state index in [-0.39, 0.29) is 11.9 Å². The molecule has 7 N–H and O–H groups in total. The van der Waals surface area contributed by atoms with Gasteiger partial charge in [-0.3, -0.25) is 10.2 Å². The molecular weight excluding hydrogens is 400 g/mol. The van der Waals surface area contributed by atoms with Crippen molar-refractivity contribution in [3.8, 4) is 0 Å². The predicted octanol–water partition coefficient (Wildman–Crippen LogP) is 1.64. The summed E-state index contributed by atoms with van der Waals surface area (Å²) in [5.74, 6) is -0.820. The van der Waals surface area contributed by atoms with Crippen LogP contribution in [0.5, 0.6) is 0 Å². The van der Waals surface area contributed by atoms with E-state index >= 15 is 0 Å². The van der Waals surface area contributed by atoms with E-state index in [1.54, 1.807) is 6.07 Å². The quantitative estimate of drug-likeness (QED) is 0.214. The number of rotatable bonds is 2. The fourth-order valence-corrected chi connectivity index (χ4v) is 1.65. The Labute approximate surface area is 145 Å². The van der Waals surface area contributed by atoms with Gasteiger partial charge in [0.2, 0.25) is 0 Å². The largest absolute Gasteiger partial charge is 0.490 e. The summed E-state index contributed by atoms with van der Waals surface area (Å²) in [6.07, 6.45) is -10.2. The van der Waals surface area contributed by atoms with Crippen LogP contribution in [-0.4, -0.2) is 40.4 Å². The number of aliphatic carboxylic acids is 2. The molecule has 0 aliphatic heterocycles. The Bertz CT molecular complexity index is 590. The van der Waals surface area contributed by atoms with Crippen molar-refractivity contribution in [3.63, 3.8) is 0 Å². The van der Waals surface area contributed by atoms with Crippen molar-refractivity contribution >= 4 is 29.2 Å². The van der Waals surface area contributed by atoms with E-state index in [4.69, 9.17) is 31.4 Å². The molecule has 0 fully saturated rings. The van der Waals surface area contributed by atoms with Crippen molar-refractivity contribution in [2.75, 3.05) is 0 Å². The Morgan fingerprint density at radius 2 is 1.38 bits per heavy atom. The number of hydrogen-bond acceptors (Lipinski definition) is 6. The third-order valence-electron chi connectivity index (χ3n) is 1.92. The fourth-order valence-electron chi connectivity index (χ4n) is 0.791. The molecule has 0 aliphatic carbocycles. The van der Waals surface area contributed by atoms with Gasteiger partial charge in [0.15, 0.2) is 0 Å². The number of carboxylic acids is 2. The molecule has 0 saturated carbocycles. The highest BCUT2D eigenvalue weighted by molar-refractivity contribution is 7.14. The first-order valence-corrected chi connectivity index (χ1v) is 6.82. The number of alkyl halides is 6. The Morgan fingerprint density at radius 1 is 1.04 bits per heavy atom. The summed E-state index contributed by atoms with van der Waals surface area (Å²) < 4.78 is 63.5. The number of carbonyl (C=O) groups excluding carboxylic acids is 1. The maximum atomic E-state index is 11.0. The molecule has 0 radical (unpaired) electrons. The molecule has 1 aromatic rings. The molecule has 0 aromatic carbocycles. The van der Waals surface area contributed by atoms with Crippen LogP contribution in [0.2, 0.25) is 0 Å². The van der Waals surface area contributed by atoms with E-state index < -0.39 is 24.3 Å². The lowest BCUT2D eigenvalue weighted by Crippen LogP contribution is -2.29. The van der Waals surface area contributed by atoms with Gasteiger partial charge in [-0.15, -0.1) is 11.3 Å². The summed E-state index contributed by atoms with van der Waals surface area (Å²) >= 11 is 1.36. The van der Waals surface area contributed by atoms with Crippen molar-refractivity contribution in [2.45, 2.75) is 25.3 Å². The molecule has 1 atom stereocenters. The summed E-state index contributed by atoms with van der Waals surface area (Å²) in [7, 11) is 0. The maximum absolute atomic E-state index is 11.0. The lowest BCUT2D eigenvalue weighted by molar-refractivity contribution is -0.193. The van der Waals surface area contributed by atoms with E-state index in [0.29, 0.717) is 4.88 Å². The van der Waals surface area contributed by atoms with Gasteiger partial charge in [0.1, 0.15) is 0 Å². The first-order valence-electron chi connectivity index (χ1n) is 6.00. The average molecular weight is 413 g/mol. The molecule has 1 amide bonds. The van der Waals surface area contributed by atoms with Crippen LogP contribution in [0.4, 0.5) is 26.3 Å². The first-order chi connectivity index (χ1) is 11.5. The average Bonchev–Trinajstić information content (AvgIpc) is 2.95. The highest BCUT2D eigenvalue weighted by Crippen LogP contribution is 2.21. The Kier molecular flexibility index (Phi) is 10.5. The monoisotopic (exact) mass is 413 g/mol. The van der Waals surface area contributed by atoms with Crippen LogP contribution in [0.3, 0.4) is 0 Å². The molecule has 1 rings (SSSR count). The zero-order valence-corrected chi connectivity index (χ0v) is 13.5. The van der Waals surface area contributed by atoms with Gasteiger partial charge in [0, 0.05) is 10.9 Å². The van der Waals surface area contributed by atoms with E-state index in [0.717, 1.165) is 4.88 Å². The van der Waals surface area contributed by atoms with Crippen LogP contribution in [0, 0.1) is 0 Å². The van der Waals surface area contributed by atoms with Crippen molar-refractivity contribution in [1.82, 2.24) is 5.43 Å². The highest BCUT2D eigenvalue weighted by Gasteiger charge is 2.38. The van der Waals surface area contributed by atoms with Crippen molar-refractivity contribution < 1.29 is 50.9 Å². The smallest absolute Gasteiger partial charge is 0.475 e. The first kappa shape index (κ1) is 25.8. The summed E-state index contributed by atoms with van der Waals surface area (Å²) in [5, 5.41) is 14.2. The third-order valence-corrected chi connectivity index (χ3v) is 3.20. The number of nitrogens with two attached hydrogens (primary N) is 2. The van der Waals surface area contributed by atoms with Crippen LogP contribution in [0.25, 0.3) is 0 Å². The van der Waals surface area contributed by atoms with Crippen molar-refractivity contribution in [3.05, 3.63) is 21.9 Å². The lowest BCUT2D eigenvalue weighted by Gasteiger charge is -1.98. The number of amides is 1. The summed E-state index contributed by atoms with van der Waals surface area (Å²) in [6.45, 7) is 1.87. The topological polar surface area (TPSA) is 156 Å². The van der Waals surface area contributed by atoms with E-state index in [1.165, 1.54) is 11.3 Å². The minimum Gasteiger partial charge on any atom is -0.475 e. The number of nitrogen functional groups attached to an aromatic ring is 1. The summed E-state index contributed by atoms with van der Waals surface area (Å²) in [6, 6.07) is 3.51. The molecule has 0 aliphatic rings. The molecule has 26 heavy (non-hydrogen) atoms. The minimum absolute atomic E-state index is 0.0330. The fraction of sp³-hybridized carbons (Fsp3) is 0.364. The van der Waals surface area contributed by atoms with Gasteiger partial charge in [-0.2, -0.15) is 26.3 Å². The molecule has 15 heteroatoms. The second-order valence-electron chi connectivity index (χ2n) is 4.07. The van der Waals surface area contributed by atoms with Crippen LogP contribution >= 0.6 is 11.3 Å². The van der Waals surface area contributed by atoms with Gasteiger partial charge in [0.25, 0.3) is 5.91 Å². The lowest BCUT2D eigenvalue weighted by atomic mass is 10.3.